The molecule has 0 unspecified atom stereocenters. The summed E-state index contributed by atoms with van der Waals surface area (Å²) in [5.41, 5.74) is 5.38. The van der Waals surface area contributed by atoms with Crippen LogP contribution in [0.2, 0.25) is 0 Å². The van der Waals surface area contributed by atoms with E-state index in [1.165, 1.54) is 51.4 Å². The minimum Gasteiger partial charge on any atom is -0.459 e. The van der Waals surface area contributed by atoms with E-state index >= 15 is 0 Å². The fraction of sp³-hybridized carbons (Fsp3) is 0.474. The zero-order valence-electron chi connectivity index (χ0n) is 26.2. The SMILES string of the molecule is CCCCCCC[C@@H](C)OC(=O)c1ccc(-c2ccc(-c3ccc(C(=O)O[C@H](C)CCCCCCC)cc3)cc2)cc1. The zero-order chi connectivity index (χ0) is 30.2. The van der Waals surface area contributed by atoms with Crippen LogP contribution in [-0.4, -0.2) is 24.1 Å². The minimum absolute atomic E-state index is 0.0697. The van der Waals surface area contributed by atoms with E-state index in [0.717, 1.165) is 47.9 Å². The summed E-state index contributed by atoms with van der Waals surface area (Å²) in [5.74, 6) is -0.524. The third-order valence-corrected chi connectivity index (χ3v) is 7.84. The molecule has 4 nitrogen and oxygen atoms in total. The Hall–Kier alpha value is -3.40. The Bertz CT molecular complexity index is 1100. The molecule has 0 aliphatic rings. The third-order valence-electron chi connectivity index (χ3n) is 7.84. The fourth-order valence-corrected chi connectivity index (χ4v) is 5.14. The summed E-state index contributed by atoms with van der Waals surface area (Å²) in [6.07, 6.45) is 13.8. The lowest BCUT2D eigenvalue weighted by molar-refractivity contribution is 0.0309. The van der Waals surface area contributed by atoms with Crippen molar-refractivity contribution in [1.29, 1.82) is 0 Å². The van der Waals surface area contributed by atoms with Gasteiger partial charge in [-0.2, -0.15) is 0 Å². The molecule has 0 amide bonds. The van der Waals surface area contributed by atoms with Gasteiger partial charge in [-0.3, -0.25) is 0 Å². The Balaban J connectivity index is 1.49. The summed E-state index contributed by atoms with van der Waals surface area (Å²) in [5, 5.41) is 0. The van der Waals surface area contributed by atoms with Gasteiger partial charge in [-0.25, -0.2) is 9.59 Å². The van der Waals surface area contributed by atoms with Crippen molar-refractivity contribution in [2.45, 2.75) is 117 Å². The van der Waals surface area contributed by atoms with Crippen LogP contribution >= 0.6 is 0 Å². The molecule has 0 N–H and O–H groups in total. The fourth-order valence-electron chi connectivity index (χ4n) is 5.14. The van der Waals surface area contributed by atoms with Crippen LogP contribution in [0.25, 0.3) is 22.3 Å². The third kappa shape index (κ3) is 11.1. The molecule has 0 saturated carbocycles. The van der Waals surface area contributed by atoms with Crippen molar-refractivity contribution < 1.29 is 19.1 Å². The average molecular weight is 571 g/mol. The van der Waals surface area contributed by atoms with Crippen molar-refractivity contribution in [2.75, 3.05) is 0 Å². The van der Waals surface area contributed by atoms with Gasteiger partial charge >= 0.3 is 11.9 Å². The lowest BCUT2D eigenvalue weighted by Gasteiger charge is -2.14. The van der Waals surface area contributed by atoms with Gasteiger partial charge in [0.05, 0.1) is 23.3 Å². The van der Waals surface area contributed by atoms with E-state index < -0.39 is 0 Å². The van der Waals surface area contributed by atoms with E-state index in [1.807, 2.05) is 62.4 Å². The zero-order valence-corrected chi connectivity index (χ0v) is 26.2. The molecule has 4 heteroatoms. The molecule has 2 atom stereocenters. The van der Waals surface area contributed by atoms with Crippen LogP contribution in [0.15, 0.2) is 72.8 Å². The maximum atomic E-state index is 12.6. The molecule has 0 fully saturated rings. The Morgan fingerprint density at radius 1 is 0.476 bits per heavy atom. The highest BCUT2D eigenvalue weighted by atomic mass is 16.5. The maximum absolute atomic E-state index is 12.6. The van der Waals surface area contributed by atoms with E-state index in [1.54, 1.807) is 0 Å². The number of carbonyl (C=O) groups is 2. The van der Waals surface area contributed by atoms with Gasteiger partial charge in [0.15, 0.2) is 0 Å². The number of ether oxygens (including phenoxy) is 2. The van der Waals surface area contributed by atoms with Crippen molar-refractivity contribution >= 4 is 11.9 Å². The number of carbonyl (C=O) groups excluding carboxylic acids is 2. The van der Waals surface area contributed by atoms with Gasteiger partial charge in [0.1, 0.15) is 0 Å². The molecule has 226 valence electrons. The molecule has 0 spiro atoms. The van der Waals surface area contributed by atoms with Gasteiger partial charge in [0.2, 0.25) is 0 Å². The van der Waals surface area contributed by atoms with Crippen molar-refractivity contribution in [1.82, 2.24) is 0 Å². The Labute approximate surface area is 253 Å². The van der Waals surface area contributed by atoms with Gasteiger partial charge in [-0.15, -0.1) is 0 Å². The first-order valence-corrected chi connectivity index (χ1v) is 16.1. The molecular weight excluding hydrogens is 520 g/mol. The molecule has 0 heterocycles. The van der Waals surface area contributed by atoms with E-state index in [2.05, 4.69) is 38.1 Å². The number of unbranched alkanes of at least 4 members (excludes halogenated alkanes) is 8. The van der Waals surface area contributed by atoms with Crippen molar-refractivity contribution in [3.05, 3.63) is 83.9 Å². The summed E-state index contributed by atoms with van der Waals surface area (Å²) in [7, 11) is 0. The summed E-state index contributed by atoms with van der Waals surface area (Å²) >= 11 is 0. The predicted molar refractivity (Wildman–Crippen MR) is 174 cm³/mol. The molecule has 0 radical (unpaired) electrons. The van der Waals surface area contributed by atoms with Gasteiger partial charge in [0.25, 0.3) is 0 Å². The molecule has 3 rings (SSSR count). The Morgan fingerprint density at radius 2 is 0.762 bits per heavy atom. The van der Waals surface area contributed by atoms with Crippen LogP contribution in [-0.2, 0) is 9.47 Å². The Morgan fingerprint density at radius 3 is 1.07 bits per heavy atom. The average Bonchev–Trinajstić information content (AvgIpc) is 3.01. The Kier molecular flexibility index (Phi) is 14.3. The molecule has 0 bridgehead atoms. The first-order valence-electron chi connectivity index (χ1n) is 16.1. The first-order chi connectivity index (χ1) is 20.4. The molecule has 42 heavy (non-hydrogen) atoms. The van der Waals surface area contributed by atoms with E-state index in [4.69, 9.17) is 9.47 Å². The highest BCUT2D eigenvalue weighted by molar-refractivity contribution is 5.91. The van der Waals surface area contributed by atoms with Crippen LogP contribution < -0.4 is 0 Å². The lowest BCUT2D eigenvalue weighted by Crippen LogP contribution is -2.15. The topological polar surface area (TPSA) is 52.6 Å². The predicted octanol–water partition coefficient (Wildman–Crippen LogP) is 10.8. The van der Waals surface area contributed by atoms with Gasteiger partial charge in [-0.05, 0) is 86.1 Å². The standard InChI is InChI=1S/C38H50O4/c1-5-7-9-11-13-15-29(3)41-37(39)35-25-21-33(22-26-35)31-17-19-32(20-18-31)34-23-27-36(28-24-34)38(40)42-30(4)16-14-12-10-8-6-2/h17-30H,5-16H2,1-4H3/t29-,30-/m1/s1. The van der Waals surface area contributed by atoms with Crippen LogP contribution in [0, 0.1) is 0 Å². The molecule has 0 saturated heterocycles. The smallest absolute Gasteiger partial charge is 0.338 e. The number of hydrogen-bond donors (Lipinski definition) is 0. The maximum Gasteiger partial charge on any atom is 0.338 e. The van der Waals surface area contributed by atoms with Crippen LogP contribution in [0.1, 0.15) is 125 Å². The highest BCUT2D eigenvalue weighted by Crippen LogP contribution is 2.26. The minimum atomic E-state index is -0.262. The van der Waals surface area contributed by atoms with Crippen LogP contribution in [0.4, 0.5) is 0 Å². The quantitative estimate of drug-likeness (QED) is 0.113. The van der Waals surface area contributed by atoms with Crippen molar-refractivity contribution in [3.63, 3.8) is 0 Å². The normalized spacial score (nSPS) is 12.5. The first kappa shape index (κ1) is 33.1. The molecule has 3 aromatic rings. The van der Waals surface area contributed by atoms with E-state index in [0.29, 0.717) is 11.1 Å². The monoisotopic (exact) mass is 570 g/mol. The van der Waals surface area contributed by atoms with Crippen molar-refractivity contribution in [2.24, 2.45) is 0 Å². The molecule has 0 aliphatic heterocycles. The van der Waals surface area contributed by atoms with Crippen LogP contribution in [0.3, 0.4) is 0 Å². The number of esters is 2. The molecule has 0 aromatic heterocycles. The summed E-state index contributed by atoms with van der Waals surface area (Å²) in [6.45, 7) is 8.38. The second-order valence-corrected chi connectivity index (χ2v) is 11.6. The highest BCUT2D eigenvalue weighted by Gasteiger charge is 2.14. The van der Waals surface area contributed by atoms with E-state index in [-0.39, 0.29) is 24.1 Å². The van der Waals surface area contributed by atoms with Crippen molar-refractivity contribution in [3.8, 4) is 22.3 Å². The van der Waals surface area contributed by atoms with Gasteiger partial charge < -0.3 is 9.47 Å². The number of hydrogen-bond acceptors (Lipinski definition) is 4. The lowest BCUT2D eigenvalue weighted by atomic mass is 9.99. The van der Waals surface area contributed by atoms with Gasteiger partial charge in [0, 0.05) is 0 Å². The van der Waals surface area contributed by atoms with Gasteiger partial charge in [-0.1, -0.05) is 114 Å². The second kappa shape index (κ2) is 18.2. The van der Waals surface area contributed by atoms with Crippen LogP contribution in [0.5, 0.6) is 0 Å². The largest absolute Gasteiger partial charge is 0.459 e. The summed E-state index contributed by atoms with van der Waals surface area (Å²) in [4.78, 5) is 25.2. The second-order valence-electron chi connectivity index (χ2n) is 11.6. The number of rotatable bonds is 18. The molecular formula is C38H50O4. The number of benzene rings is 3. The molecule has 3 aromatic carbocycles. The van der Waals surface area contributed by atoms with E-state index in [9.17, 15) is 9.59 Å². The summed E-state index contributed by atoms with van der Waals surface area (Å²) < 4.78 is 11.3. The summed E-state index contributed by atoms with van der Waals surface area (Å²) in [6, 6.07) is 23.5. The molecule has 0 aliphatic carbocycles.